The Labute approximate surface area is 182 Å². The van der Waals surface area contributed by atoms with Gasteiger partial charge in [0.1, 0.15) is 12.1 Å². The van der Waals surface area contributed by atoms with Crippen LogP contribution in [0.25, 0.3) is 0 Å². The molecule has 1 fully saturated rings. The van der Waals surface area contributed by atoms with Crippen molar-refractivity contribution in [1.82, 2.24) is 24.8 Å². The van der Waals surface area contributed by atoms with Crippen molar-refractivity contribution in [3.8, 4) is 5.75 Å². The highest BCUT2D eigenvalue weighted by Crippen LogP contribution is 2.16. The van der Waals surface area contributed by atoms with Gasteiger partial charge < -0.3 is 9.64 Å². The molecule has 160 valence electrons. The predicted molar refractivity (Wildman–Crippen MR) is 118 cm³/mol. The molecule has 0 atom stereocenters. The van der Waals surface area contributed by atoms with Gasteiger partial charge in [0.2, 0.25) is 0 Å². The molecule has 31 heavy (non-hydrogen) atoms. The number of piperazine rings is 1. The van der Waals surface area contributed by atoms with E-state index < -0.39 is 0 Å². The van der Waals surface area contributed by atoms with Crippen LogP contribution in [0.2, 0.25) is 0 Å². The fourth-order valence-corrected chi connectivity index (χ4v) is 3.66. The number of aryl methyl sites for hydroxylation is 3. The summed E-state index contributed by atoms with van der Waals surface area (Å²) in [5, 5.41) is 0. The lowest BCUT2D eigenvalue weighted by atomic mass is 10.1. The summed E-state index contributed by atoms with van der Waals surface area (Å²) < 4.78 is 5.58. The van der Waals surface area contributed by atoms with E-state index in [1.54, 1.807) is 17.4 Å². The van der Waals surface area contributed by atoms with Crippen LogP contribution in [-0.2, 0) is 19.4 Å². The predicted octanol–water partition coefficient (Wildman–Crippen LogP) is 3.28. The number of aromatic nitrogens is 3. The third-order valence-electron chi connectivity index (χ3n) is 5.56. The van der Waals surface area contributed by atoms with Gasteiger partial charge in [-0.1, -0.05) is 18.2 Å². The Balaban J connectivity index is 1.23. The van der Waals surface area contributed by atoms with Crippen molar-refractivity contribution in [1.29, 1.82) is 0 Å². The van der Waals surface area contributed by atoms with Crippen molar-refractivity contribution in [2.75, 3.05) is 26.2 Å². The summed E-state index contributed by atoms with van der Waals surface area (Å²) in [4.78, 5) is 29.2. The van der Waals surface area contributed by atoms with Crippen LogP contribution in [0.15, 0.2) is 61.2 Å². The first kappa shape index (κ1) is 20.9. The molecular weight excluding hydrogens is 390 g/mol. The van der Waals surface area contributed by atoms with Crippen molar-refractivity contribution in [2.45, 2.75) is 26.3 Å². The summed E-state index contributed by atoms with van der Waals surface area (Å²) in [6.45, 7) is 5.73. The molecule has 0 radical (unpaired) electrons. The number of hydrogen-bond acceptors (Lipinski definition) is 6. The fourth-order valence-electron chi connectivity index (χ4n) is 3.66. The molecule has 1 aliphatic rings. The molecule has 0 aliphatic carbocycles. The van der Waals surface area contributed by atoms with Crippen LogP contribution in [0.4, 0.5) is 4.79 Å². The maximum Gasteiger partial charge on any atom is 0.415 e. The second kappa shape index (κ2) is 10.1. The minimum atomic E-state index is -0.293. The van der Waals surface area contributed by atoms with Gasteiger partial charge in [0.05, 0.1) is 5.69 Å². The maximum atomic E-state index is 12.5. The standard InChI is InChI=1S/C24H27N5O2/c1-19-3-2-11-26-23(19)9-6-20-4-7-22(8-5-20)31-24(30)29-15-13-28(14-16-29)17-21-10-12-25-18-27-21/h2-5,7-8,10-12,18H,6,9,13-17H2,1H3. The number of carbonyl (C=O) groups is 1. The molecule has 3 aromatic rings. The summed E-state index contributed by atoms with van der Waals surface area (Å²) in [6.07, 6.45) is 6.65. The smallest absolute Gasteiger partial charge is 0.410 e. The quantitative estimate of drug-likeness (QED) is 0.613. The van der Waals surface area contributed by atoms with Crippen molar-refractivity contribution in [3.05, 3.63) is 83.7 Å². The average Bonchev–Trinajstić information content (AvgIpc) is 2.81. The molecule has 0 unspecified atom stereocenters. The highest BCUT2D eigenvalue weighted by Gasteiger charge is 2.22. The van der Waals surface area contributed by atoms with Gasteiger partial charge in [-0.15, -0.1) is 0 Å². The summed E-state index contributed by atoms with van der Waals surface area (Å²) in [6, 6.07) is 13.7. The molecule has 1 aromatic carbocycles. The van der Waals surface area contributed by atoms with Gasteiger partial charge in [0.25, 0.3) is 0 Å². The SMILES string of the molecule is Cc1cccnc1CCc1ccc(OC(=O)N2CCN(Cc3ccncn3)CC2)cc1. The molecule has 7 nitrogen and oxygen atoms in total. The number of pyridine rings is 1. The third-order valence-corrected chi connectivity index (χ3v) is 5.56. The third kappa shape index (κ3) is 5.86. The second-order valence-electron chi connectivity index (χ2n) is 7.74. The van der Waals surface area contributed by atoms with Crippen LogP contribution in [0, 0.1) is 6.92 Å². The molecule has 3 heterocycles. The van der Waals surface area contributed by atoms with E-state index in [0.717, 1.165) is 43.9 Å². The Morgan fingerprint density at radius 1 is 0.968 bits per heavy atom. The normalized spacial score (nSPS) is 14.4. The minimum absolute atomic E-state index is 0.293. The second-order valence-corrected chi connectivity index (χ2v) is 7.74. The van der Waals surface area contributed by atoms with Gasteiger partial charge in [-0.25, -0.2) is 14.8 Å². The fraction of sp³-hybridized carbons (Fsp3) is 0.333. The zero-order valence-corrected chi connectivity index (χ0v) is 17.8. The lowest BCUT2D eigenvalue weighted by Crippen LogP contribution is -2.49. The Hall–Kier alpha value is -3.32. The van der Waals surface area contributed by atoms with Crippen LogP contribution in [0.1, 0.15) is 22.5 Å². The van der Waals surface area contributed by atoms with Crippen molar-refractivity contribution in [2.24, 2.45) is 0 Å². The zero-order chi connectivity index (χ0) is 21.5. The topological polar surface area (TPSA) is 71.5 Å². The molecule has 7 heteroatoms. The number of carbonyl (C=O) groups excluding carboxylic acids is 1. The van der Waals surface area contributed by atoms with Gasteiger partial charge in [-0.2, -0.15) is 0 Å². The van der Waals surface area contributed by atoms with Crippen LogP contribution in [0.5, 0.6) is 5.75 Å². The van der Waals surface area contributed by atoms with Gasteiger partial charge >= 0.3 is 6.09 Å². The Kier molecular flexibility index (Phi) is 6.84. The molecule has 4 rings (SSSR count). The number of benzene rings is 1. The summed E-state index contributed by atoms with van der Waals surface area (Å²) in [5.41, 5.74) is 4.52. The largest absolute Gasteiger partial charge is 0.415 e. The van der Waals surface area contributed by atoms with E-state index in [-0.39, 0.29) is 6.09 Å². The molecule has 0 spiro atoms. The molecule has 0 saturated carbocycles. The lowest BCUT2D eigenvalue weighted by molar-refractivity contribution is 0.107. The molecule has 1 aliphatic heterocycles. The minimum Gasteiger partial charge on any atom is -0.410 e. The van der Waals surface area contributed by atoms with Crippen LogP contribution >= 0.6 is 0 Å². The average molecular weight is 418 g/mol. The Bertz CT molecular complexity index is 986. The molecule has 1 saturated heterocycles. The van der Waals surface area contributed by atoms with E-state index in [9.17, 15) is 4.79 Å². The van der Waals surface area contributed by atoms with Gasteiger partial charge in [-0.3, -0.25) is 9.88 Å². The van der Waals surface area contributed by atoms with E-state index in [2.05, 4.69) is 32.8 Å². The van der Waals surface area contributed by atoms with Crippen LogP contribution in [-0.4, -0.2) is 57.0 Å². The molecule has 0 N–H and O–H groups in total. The number of ether oxygens (including phenoxy) is 1. The van der Waals surface area contributed by atoms with E-state index in [1.165, 1.54) is 11.1 Å². The Morgan fingerprint density at radius 2 is 1.77 bits per heavy atom. The first-order valence-electron chi connectivity index (χ1n) is 10.6. The number of rotatable bonds is 6. The monoisotopic (exact) mass is 417 g/mol. The van der Waals surface area contributed by atoms with E-state index in [1.807, 2.05) is 42.6 Å². The highest BCUT2D eigenvalue weighted by molar-refractivity contribution is 5.70. The van der Waals surface area contributed by atoms with Crippen LogP contribution in [0.3, 0.4) is 0 Å². The first-order chi connectivity index (χ1) is 15.2. The zero-order valence-electron chi connectivity index (χ0n) is 17.8. The summed E-state index contributed by atoms with van der Waals surface area (Å²) >= 11 is 0. The van der Waals surface area contributed by atoms with Crippen molar-refractivity contribution >= 4 is 6.09 Å². The van der Waals surface area contributed by atoms with E-state index >= 15 is 0 Å². The number of nitrogens with zero attached hydrogens (tertiary/aromatic N) is 5. The summed E-state index contributed by atoms with van der Waals surface area (Å²) in [5.74, 6) is 0.575. The van der Waals surface area contributed by atoms with E-state index in [4.69, 9.17) is 4.74 Å². The first-order valence-corrected chi connectivity index (χ1v) is 10.6. The maximum absolute atomic E-state index is 12.5. The molecule has 2 aromatic heterocycles. The number of amides is 1. The van der Waals surface area contributed by atoms with Crippen LogP contribution < -0.4 is 4.74 Å². The highest BCUT2D eigenvalue weighted by atomic mass is 16.6. The molecule has 1 amide bonds. The summed E-state index contributed by atoms with van der Waals surface area (Å²) in [7, 11) is 0. The van der Waals surface area contributed by atoms with Crippen molar-refractivity contribution in [3.63, 3.8) is 0 Å². The van der Waals surface area contributed by atoms with Gasteiger partial charge in [0, 0.05) is 50.8 Å². The van der Waals surface area contributed by atoms with Gasteiger partial charge in [-0.05, 0) is 55.2 Å². The Morgan fingerprint density at radius 3 is 2.48 bits per heavy atom. The van der Waals surface area contributed by atoms with E-state index in [0.29, 0.717) is 18.8 Å². The number of hydrogen-bond donors (Lipinski definition) is 0. The molecule has 0 bridgehead atoms. The lowest BCUT2D eigenvalue weighted by Gasteiger charge is -2.33. The van der Waals surface area contributed by atoms with Gasteiger partial charge in [0.15, 0.2) is 0 Å². The molecular formula is C24H27N5O2. The van der Waals surface area contributed by atoms with Crippen molar-refractivity contribution < 1.29 is 9.53 Å².